The topological polar surface area (TPSA) is 79.9 Å². The quantitative estimate of drug-likeness (QED) is 0.0937. The van der Waals surface area contributed by atoms with Crippen LogP contribution in [-0.4, -0.2) is 47.4 Å². The fourth-order valence-electron chi connectivity index (χ4n) is 23.4. The van der Waals surface area contributed by atoms with Gasteiger partial charge in [-0.15, -0.1) is 0 Å². The average molecular weight is 1730 g/mol. The normalized spacial score (nSPS) is 14.5. The molecule has 5 heterocycles. The standard InChI is InChI=1S/C59H35N3.C43H33BO2.C22H14ClN3/c1-2-16-36(17-3-1)54-35-55(61-58(60-54)62-56-28-14-10-24-44(56)45-25-11-15-29-57(45)62)37-30-31-52-48(32-37)49-33-46-40-20-6-4-18-38(40)39-19-5-7-21-41(39)47(46)34-53(49)59(52)50-26-12-8-22-42(50)43-23-9-13-27-51(43)59;1-41(2)42(3,4)46-44(45-41)26-21-22-39-35(23-26)36-24-33-29-15-7-5-13-27(29)28-14-6-8-16-30(28)34(33)25-40(36)43(39)37-19-11-9-17-31(37)32-18-10-12-20-38(32)43;23-21-14-18(15-8-2-1-3-9-15)24-22(25-21)26-19-12-6-4-10-16(19)17-11-5-7-13-20(17)26/h1-35H;5-25H,1-4H3;1-14H. The fraction of sp³-hybridized carbons (Fsp3) is 0.0645. The summed E-state index contributed by atoms with van der Waals surface area (Å²) >= 11 is 6.35. The SMILES string of the molecule is CC1(C)OB(c2ccc3c(c2)-c2cc4c5ccccc5c5ccccc5c4cc2C32c3ccccc3-c3ccccc32)OC1(C)C.Clc1cc(-c2ccccc2)nc(-n2c3ccccc3c3ccccc32)n1.c1ccc(-c2cc(-c3ccc4c(c3)-c3cc5c6ccccc6c6ccccc6c5cc3C43c4ccccc4-c4ccccc43)nc(-n3c4ccccc4c4ccccc43)n2)cc1. The van der Waals surface area contributed by atoms with Gasteiger partial charge in [-0.05, 0) is 247 Å². The summed E-state index contributed by atoms with van der Waals surface area (Å²) in [5.74, 6) is 1.23. The van der Waals surface area contributed by atoms with Crippen LogP contribution in [0, 0.1) is 0 Å². The van der Waals surface area contributed by atoms with E-state index in [1.54, 1.807) is 6.07 Å². The fourth-order valence-corrected chi connectivity index (χ4v) is 23.5. The molecule has 24 aromatic rings. The predicted molar refractivity (Wildman–Crippen MR) is 554 cm³/mol. The number of halogens is 1. The van der Waals surface area contributed by atoms with Gasteiger partial charge in [0.25, 0.3) is 0 Å². The van der Waals surface area contributed by atoms with Crippen LogP contribution in [0.4, 0.5) is 0 Å². The number of rotatable bonds is 6. The first kappa shape index (κ1) is 77.9. The zero-order chi connectivity index (χ0) is 89.0. The van der Waals surface area contributed by atoms with Crippen LogP contribution in [0.2, 0.25) is 5.15 Å². The molecule has 1 saturated heterocycles. The Balaban J connectivity index is 0.000000111. The molecule has 4 aliphatic carbocycles. The largest absolute Gasteiger partial charge is 0.494 e. The number of hydrogen-bond donors (Lipinski definition) is 0. The summed E-state index contributed by atoms with van der Waals surface area (Å²) in [6.45, 7) is 8.49. The molecule has 1 aliphatic heterocycles. The van der Waals surface area contributed by atoms with Crippen LogP contribution in [0.25, 0.3) is 198 Å². The molecule has 0 amide bonds. The molecular weight excluding hydrogens is 1650 g/mol. The monoisotopic (exact) mass is 1730 g/mol. The zero-order valence-electron chi connectivity index (χ0n) is 73.9. The van der Waals surface area contributed by atoms with Gasteiger partial charge in [0, 0.05) is 44.3 Å². The van der Waals surface area contributed by atoms with Crippen LogP contribution in [0.1, 0.15) is 72.2 Å². The zero-order valence-corrected chi connectivity index (χ0v) is 74.6. The van der Waals surface area contributed by atoms with Gasteiger partial charge in [0.05, 0.1) is 61.2 Å². The molecule has 1 fully saturated rings. The van der Waals surface area contributed by atoms with Gasteiger partial charge in [-0.3, -0.25) is 9.13 Å². The maximum absolute atomic E-state index is 6.58. The van der Waals surface area contributed by atoms with Crippen molar-refractivity contribution in [3.63, 3.8) is 0 Å². The van der Waals surface area contributed by atoms with Crippen molar-refractivity contribution >= 4 is 132 Å². The molecule has 10 heteroatoms. The highest BCUT2D eigenvalue weighted by Crippen LogP contribution is 2.66. The lowest BCUT2D eigenvalue weighted by Gasteiger charge is -2.32. The van der Waals surface area contributed by atoms with Crippen LogP contribution in [0.3, 0.4) is 0 Å². The van der Waals surface area contributed by atoms with E-state index in [9.17, 15) is 0 Å². The van der Waals surface area contributed by atoms with E-state index < -0.39 is 29.2 Å². The minimum Gasteiger partial charge on any atom is -0.399 e. The third-order valence-electron chi connectivity index (χ3n) is 29.8. The molecule has 2 spiro atoms. The molecule has 134 heavy (non-hydrogen) atoms. The second-order valence-electron chi connectivity index (χ2n) is 37.2. The maximum Gasteiger partial charge on any atom is 0.494 e. The number of nitrogens with zero attached hydrogens (tertiary/aromatic N) is 6. The number of para-hydroxylation sites is 4. The van der Waals surface area contributed by atoms with E-state index in [4.69, 9.17) is 35.9 Å². The Labute approximate surface area is 779 Å². The van der Waals surface area contributed by atoms with E-state index in [2.05, 4.69) is 406 Å². The third-order valence-corrected chi connectivity index (χ3v) is 30.0. The Kier molecular flexibility index (Phi) is 17.1. The van der Waals surface area contributed by atoms with Gasteiger partial charge < -0.3 is 9.31 Å². The van der Waals surface area contributed by atoms with E-state index in [0.717, 1.165) is 61.3 Å². The number of aromatic nitrogens is 6. The van der Waals surface area contributed by atoms with Crippen molar-refractivity contribution in [2.45, 2.75) is 49.7 Å². The summed E-state index contributed by atoms with van der Waals surface area (Å²) in [5, 5.41) is 20.6. The second-order valence-corrected chi connectivity index (χ2v) is 37.6. The van der Waals surface area contributed by atoms with Crippen molar-refractivity contribution in [2.24, 2.45) is 0 Å². The van der Waals surface area contributed by atoms with E-state index in [1.807, 2.05) is 54.6 Å². The summed E-state index contributed by atoms with van der Waals surface area (Å²) < 4.78 is 17.5. The van der Waals surface area contributed by atoms with Crippen molar-refractivity contribution in [3.8, 4) is 90.2 Å². The summed E-state index contributed by atoms with van der Waals surface area (Å²) in [5.41, 5.74) is 30.3. The van der Waals surface area contributed by atoms with Crippen LogP contribution in [0.5, 0.6) is 0 Å². The third kappa shape index (κ3) is 11.3. The van der Waals surface area contributed by atoms with Gasteiger partial charge in [-0.2, -0.15) is 0 Å². The Morgan fingerprint density at radius 2 is 0.493 bits per heavy atom. The van der Waals surface area contributed by atoms with Crippen molar-refractivity contribution in [1.82, 2.24) is 29.1 Å². The highest BCUT2D eigenvalue weighted by atomic mass is 35.5. The van der Waals surface area contributed by atoms with Gasteiger partial charge in [-0.25, -0.2) is 19.9 Å². The van der Waals surface area contributed by atoms with E-state index >= 15 is 0 Å². The highest BCUT2D eigenvalue weighted by Gasteiger charge is 2.56. The lowest BCUT2D eigenvalue weighted by atomic mass is 9.69. The molecule has 0 saturated carbocycles. The summed E-state index contributed by atoms with van der Waals surface area (Å²) in [6, 6.07) is 154. The van der Waals surface area contributed by atoms with Crippen molar-refractivity contribution in [3.05, 3.63) is 474 Å². The molecule has 0 N–H and O–H groups in total. The van der Waals surface area contributed by atoms with E-state index in [1.165, 1.54) is 175 Å². The molecule has 0 bridgehead atoms. The van der Waals surface area contributed by atoms with Crippen LogP contribution in [-0.2, 0) is 20.1 Å². The Bertz CT molecular complexity index is 8940. The summed E-state index contributed by atoms with van der Waals surface area (Å²) in [6.07, 6.45) is 0. The molecule has 0 unspecified atom stereocenters. The first-order chi connectivity index (χ1) is 65.9. The predicted octanol–water partition coefficient (Wildman–Crippen LogP) is 30.4. The average Bonchev–Trinajstić information content (AvgIpc) is 1.50. The maximum atomic E-state index is 6.58. The molecule has 630 valence electrons. The van der Waals surface area contributed by atoms with Crippen molar-refractivity contribution in [2.75, 3.05) is 0 Å². The summed E-state index contributed by atoms with van der Waals surface area (Å²) in [4.78, 5) is 20.2. The number of fused-ring (bicyclic) bond motifs is 38. The van der Waals surface area contributed by atoms with Gasteiger partial charge in [0.1, 0.15) is 5.15 Å². The molecule has 0 atom stereocenters. The van der Waals surface area contributed by atoms with Crippen molar-refractivity contribution in [1.29, 1.82) is 0 Å². The second kappa shape index (κ2) is 29.5. The molecule has 0 radical (unpaired) electrons. The first-order valence-electron chi connectivity index (χ1n) is 46.2. The molecule has 20 aromatic carbocycles. The Morgan fingerprint density at radius 3 is 0.873 bits per heavy atom. The Morgan fingerprint density at radius 1 is 0.216 bits per heavy atom. The van der Waals surface area contributed by atoms with E-state index in [0.29, 0.717) is 17.0 Å². The lowest BCUT2D eigenvalue weighted by Crippen LogP contribution is -2.41. The van der Waals surface area contributed by atoms with Crippen LogP contribution < -0.4 is 5.46 Å². The summed E-state index contributed by atoms with van der Waals surface area (Å²) in [7, 11) is -0.427. The number of hydrogen-bond acceptors (Lipinski definition) is 6. The van der Waals surface area contributed by atoms with Gasteiger partial charge in [-0.1, -0.05) is 370 Å². The van der Waals surface area contributed by atoms with Crippen molar-refractivity contribution < 1.29 is 9.31 Å². The minimum absolute atomic E-state index is 0.407. The first-order valence-corrected chi connectivity index (χ1v) is 46.6. The minimum atomic E-state index is -0.494. The molecule has 5 aliphatic rings. The van der Waals surface area contributed by atoms with E-state index in [-0.39, 0.29) is 0 Å². The number of benzene rings is 20. The molecule has 8 nitrogen and oxygen atoms in total. The van der Waals surface area contributed by atoms with Gasteiger partial charge in [0.15, 0.2) is 0 Å². The lowest BCUT2D eigenvalue weighted by molar-refractivity contribution is 0.00578. The highest BCUT2D eigenvalue weighted by molar-refractivity contribution is 6.62. The molecule has 29 rings (SSSR count). The van der Waals surface area contributed by atoms with Gasteiger partial charge >= 0.3 is 7.12 Å². The van der Waals surface area contributed by atoms with Crippen LogP contribution >= 0.6 is 11.6 Å². The molecular formula is C124H82BClN6O2. The van der Waals surface area contributed by atoms with Gasteiger partial charge in [0.2, 0.25) is 11.9 Å². The Hall–Kier alpha value is -16.0. The smallest absolute Gasteiger partial charge is 0.399 e. The van der Waals surface area contributed by atoms with Crippen LogP contribution in [0.15, 0.2) is 425 Å². The molecule has 4 aromatic heterocycles.